The van der Waals surface area contributed by atoms with Crippen molar-refractivity contribution in [3.05, 3.63) is 28.8 Å². The van der Waals surface area contributed by atoms with Crippen molar-refractivity contribution in [1.29, 1.82) is 0 Å². The minimum atomic E-state index is 0.237. The molecule has 1 fully saturated rings. The Labute approximate surface area is 113 Å². The molecule has 1 aromatic carbocycles. The van der Waals surface area contributed by atoms with Gasteiger partial charge >= 0.3 is 0 Å². The first-order valence-corrected chi connectivity index (χ1v) is 6.73. The van der Waals surface area contributed by atoms with E-state index in [1.165, 1.54) is 0 Å². The summed E-state index contributed by atoms with van der Waals surface area (Å²) in [7, 11) is 0. The van der Waals surface area contributed by atoms with Crippen LogP contribution in [0.3, 0.4) is 0 Å². The number of benzene rings is 1. The largest absolute Gasteiger partial charge is 0.399 e. The molecule has 2 rings (SSSR count). The highest BCUT2D eigenvalue weighted by atomic mass is 35.5. The number of ether oxygens (including phenoxy) is 2. The lowest BCUT2D eigenvalue weighted by atomic mass is 10.0. The lowest BCUT2D eigenvalue weighted by molar-refractivity contribution is -0.106. The average Bonchev–Trinajstić information content (AvgIpc) is 2.29. The predicted octanol–water partition coefficient (Wildman–Crippen LogP) is 3.39. The van der Waals surface area contributed by atoms with Crippen LogP contribution in [-0.2, 0) is 16.1 Å². The molecule has 0 aliphatic carbocycles. The smallest absolute Gasteiger partial charge is 0.0735 e. The highest BCUT2D eigenvalue weighted by molar-refractivity contribution is 6.31. The summed E-state index contributed by atoms with van der Waals surface area (Å²) in [6, 6.07) is 5.48. The van der Waals surface area contributed by atoms with E-state index in [-0.39, 0.29) is 18.3 Å². The third-order valence-electron chi connectivity index (χ3n) is 3.20. The van der Waals surface area contributed by atoms with Gasteiger partial charge in [-0.05, 0) is 50.5 Å². The SMILES string of the molecule is CC1CC(OCc2cc(N)ccc2Cl)CC(C)O1. The topological polar surface area (TPSA) is 44.5 Å². The lowest BCUT2D eigenvalue weighted by Gasteiger charge is -2.32. The van der Waals surface area contributed by atoms with Crippen LogP contribution in [-0.4, -0.2) is 18.3 Å². The van der Waals surface area contributed by atoms with Crippen LogP contribution in [0.1, 0.15) is 32.3 Å². The molecule has 0 amide bonds. The van der Waals surface area contributed by atoms with Crippen LogP contribution >= 0.6 is 11.6 Å². The van der Waals surface area contributed by atoms with E-state index in [2.05, 4.69) is 13.8 Å². The van der Waals surface area contributed by atoms with E-state index in [0.29, 0.717) is 17.3 Å². The second-order valence-corrected chi connectivity index (χ2v) is 5.42. The maximum absolute atomic E-state index is 6.11. The summed E-state index contributed by atoms with van der Waals surface area (Å²) >= 11 is 6.11. The summed E-state index contributed by atoms with van der Waals surface area (Å²) in [6.07, 6.45) is 2.63. The van der Waals surface area contributed by atoms with Gasteiger partial charge in [0.1, 0.15) is 0 Å². The van der Waals surface area contributed by atoms with E-state index in [0.717, 1.165) is 18.4 Å². The van der Waals surface area contributed by atoms with Crippen molar-refractivity contribution in [2.45, 2.75) is 51.6 Å². The van der Waals surface area contributed by atoms with Crippen molar-refractivity contribution in [3.63, 3.8) is 0 Å². The zero-order valence-electron chi connectivity index (χ0n) is 10.9. The van der Waals surface area contributed by atoms with Gasteiger partial charge in [0.15, 0.2) is 0 Å². The Morgan fingerprint density at radius 2 is 2.00 bits per heavy atom. The standard InChI is InChI=1S/C14H20ClNO2/c1-9-5-13(6-10(2)18-9)17-8-11-7-12(16)3-4-14(11)15/h3-4,7,9-10,13H,5-6,8,16H2,1-2H3. The van der Waals surface area contributed by atoms with Crippen LogP contribution in [0.4, 0.5) is 5.69 Å². The number of nitrogen functional groups attached to an aromatic ring is 1. The van der Waals surface area contributed by atoms with Crippen LogP contribution in [0.5, 0.6) is 0 Å². The normalized spacial score (nSPS) is 28.3. The first-order chi connectivity index (χ1) is 8.54. The fourth-order valence-corrected chi connectivity index (χ4v) is 2.57. The maximum Gasteiger partial charge on any atom is 0.0735 e. The number of anilines is 1. The van der Waals surface area contributed by atoms with Crippen molar-refractivity contribution < 1.29 is 9.47 Å². The molecule has 2 atom stereocenters. The molecule has 1 heterocycles. The van der Waals surface area contributed by atoms with Crippen LogP contribution < -0.4 is 5.73 Å². The predicted molar refractivity (Wildman–Crippen MR) is 73.7 cm³/mol. The Morgan fingerprint density at radius 3 is 2.67 bits per heavy atom. The molecule has 0 radical (unpaired) electrons. The van der Waals surface area contributed by atoms with Crippen molar-refractivity contribution in [1.82, 2.24) is 0 Å². The molecule has 2 unspecified atom stereocenters. The molecule has 18 heavy (non-hydrogen) atoms. The Hall–Kier alpha value is -0.770. The van der Waals surface area contributed by atoms with Gasteiger partial charge in [-0.1, -0.05) is 11.6 Å². The first-order valence-electron chi connectivity index (χ1n) is 6.35. The Balaban J connectivity index is 1.92. The number of halogens is 1. The molecule has 100 valence electrons. The minimum Gasteiger partial charge on any atom is -0.399 e. The quantitative estimate of drug-likeness (QED) is 0.856. The molecule has 2 N–H and O–H groups in total. The molecule has 1 aliphatic heterocycles. The second-order valence-electron chi connectivity index (χ2n) is 5.01. The van der Waals surface area contributed by atoms with Crippen LogP contribution in [0.25, 0.3) is 0 Å². The molecular formula is C14H20ClNO2. The van der Waals surface area contributed by atoms with Gasteiger partial charge in [0.25, 0.3) is 0 Å². The van der Waals surface area contributed by atoms with Crippen LogP contribution in [0, 0.1) is 0 Å². The molecule has 0 aromatic heterocycles. The summed E-state index contributed by atoms with van der Waals surface area (Å²) in [5.41, 5.74) is 7.41. The third kappa shape index (κ3) is 3.61. The Bertz CT molecular complexity index is 401. The maximum atomic E-state index is 6.11. The Morgan fingerprint density at radius 1 is 1.33 bits per heavy atom. The van der Waals surface area contributed by atoms with Gasteiger partial charge < -0.3 is 15.2 Å². The third-order valence-corrected chi connectivity index (χ3v) is 3.57. The van der Waals surface area contributed by atoms with Gasteiger partial charge in [0.05, 0.1) is 24.9 Å². The molecule has 3 nitrogen and oxygen atoms in total. The average molecular weight is 270 g/mol. The fraction of sp³-hybridized carbons (Fsp3) is 0.571. The van der Waals surface area contributed by atoms with Gasteiger partial charge in [0.2, 0.25) is 0 Å². The zero-order chi connectivity index (χ0) is 13.1. The van der Waals surface area contributed by atoms with Crippen LogP contribution in [0.2, 0.25) is 5.02 Å². The monoisotopic (exact) mass is 269 g/mol. The molecule has 1 saturated heterocycles. The minimum absolute atomic E-state index is 0.237. The number of nitrogens with two attached hydrogens (primary N) is 1. The van der Waals surface area contributed by atoms with Gasteiger partial charge in [-0.15, -0.1) is 0 Å². The van der Waals surface area contributed by atoms with Gasteiger partial charge in [0, 0.05) is 10.7 Å². The van der Waals surface area contributed by atoms with Crippen molar-refractivity contribution >= 4 is 17.3 Å². The Kier molecular flexibility index (Phi) is 4.49. The molecule has 0 spiro atoms. The number of hydrogen-bond acceptors (Lipinski definition) is 3. The summed E-state index contributed by atoms with van der Waals surface area (Å²) in [6.45, 7) is 4.67. The number of hydrogen-bond donors (Lipinski definition) is 1. The number of rotatable bonds is 3. The van der Waals surface area contributed by atoms with E-state index < -0.39 is 0 Å². The molecule has 1 aliphatic rings. The highest BCUT2D eigenvalue weighted by Gasteiger charge is 2.25. The fourth-order valence-electron chi connectivity index (χ4n) is 2.39. The molecule has 0 bridgehead atoms. The second kappa shape index (κ2) is 5.91. The molecule has 4 heteroatoms. The van der Waals surface area contributed by atoms with Crippen molar-refractivity contribution in [2.75, 3.05) is 5.73 Å². The van der Waals surface area contributed by atoms with E-state index in [1.807, 2.05) is 12.1 Å². The van der Waals surface area contributed by atoms with Crippen LogP contribution in [0.15, 0.2) is 18.2 Å². The highest BCUT2D eigenvalue weighted by Crippen LogP contribution is 2.25. The molecule has 0 saturated carbocycles. The van der Waals surface area contributed by atoms with E-state index >= 15 is 0 Å². The summed E-state index contributed by atoms with van der Waals surface area (Å²) in [5.74, 6) is 0. The van der Waals surface area contributed by atoms with Crippen molar-refractivity contribution in [2.24, 2.45) is 0 Å². The molecule has 1 aromatic rings. The van der Waals surface area contributed by atoms with Gasteiger partial charge in [-0.25, -0.2) is 0 Å². The summed E-state index contributed by atoms with van der Waals surface area (Å²) < 4.78 is 11.6. The van der Waals surface area contributed by atoms with Crippen molar-refractivity contribution in [3.8, 4) is 0 Å². The van der Waals surface area contributed by atoms with Gasteiger partial charge in [-0.3, -0.25) is 0 Å². The van der Waals surface area contributed by atoms with E-state index in [1.54, 1.807) is 6.07 Å². The lowest BCUT2D eigenvalue weighted by Crippen LogP contribution is -2.34. The summed E-state index contributed by atoms with van der Waals surface area (Å²) in [5, 5.41) is 0.706. The zero-order valence-corrected chi connectivity index (χ0v) is 11.6. The summed E-state index contributed by atoms with van der Waals surface area (Å²) in [4.78, 5) is 0. The van der Waals surface area contributed by atoms with E-state index in [4.69, 9.17) is 26.8 Å². The van der Waals surface area contributed by atoms with E-state index in [9.17, 15) is 0 Å². The molecular weight excluding hydrogens is 250 g/mol. The van der Waals surface area contributed by atoms with Gasteiger partial charge in [-0.2, -0.15) is 0 Å². The first kappa shape index (κ1) is 13.7.